The number of ether oxygens (including phenoxy) is 2. The Bertz CT molecular complexity index is 1720. The van der Waals surface area contributed by atoms with Crippen LogP contribution in [-0.2, 0) is 20.0 Å². The molecule has 1 saturated carbocycles. The topological polar surface area (TPSA) is 18.5 Å². The van der Waals surface area contributed by atoms with Gasteiger partial charge in [0.15, 0.2) is 0 Å². The number of halogens is 2. The maximum atomic E-state index is 5.52. The zero-order chi connectivity index (χ0) is 32.1. The zero-order valence-electron chi connectivity index (χ0n) is 29.3. The summed E-state index contributed by atoms with van der Waals surface area (Å²) in [7, 11) is 3.51. The van der Waals surface area contributed by atoms with Gasteiger partial charge in [-0.3, -0.25) is 0 Å². The van der Waals surface area contributed by atoms with Gasteiger partial charge in [-0.25, -0.2) is 0 Å². The van der Waals surface area contributed by atoms with Crippen LogP contribution in [0.2, 0.25) is 7.35 Å². The first-order valence-corrected chi connectivity index (χ1v) is 26.4. The third-order valence-electron chi connectivity index (χ3n) is 12.1. The van der Waals surface area contributed by atoms with Crippen molar-refractivity contribution in [2.24, 2.45) is 0 Å². The molecule has 2 nitrogen and oxygen atoms in total. The van der Waals surface area contributed by atoms with Crippen LogP contribution < -0.4 is 9.47 Å². The second-order valence-electron chi connectivity index (χ2n) is 14.4. The molecule has 0 radical (unpaired) electrons. The summed E-state index contributed by atoms with van der Waals surface area (Å²) in [5.41, 5.74) is 15.3. The van der Waals surface area contributed by atoms with E-state index in [1.54, 1.807) is 36.5 Å². The van der Waals surface area contributed by atoms with Crippen molar-refractivity contribution in [3.63, 3.8) is 0 Å². The van der Waals surface area contributed by atoms with Crippen LogP contribution in [0, 0.1) is 0 Å². The molecule has 1 saturated heterocycles. The minimum atomic E-state index is -3.24. The van der Waals surface area contributed by atoms with Gasteiger partial charge in [0.2, 0.25) is 0 Å². The number of hydrogen-bond acceptors (Lipinski definition) is 2. The standard InChI is InChI=1S/2C19H19O.C6H10.2ClH.Hf/c2*1-3-5-14-12-16-6-4-7-18(19(16)13-14)15-8-10-17(20-2)11-9-15;1-2-4-6-5-3-1;;;/h2*4,6-13H,3,5H2,1-2H3;1-2H,3-6H2;2*1H;. The van der Waals surface area contributed by atoms with Crippen molar-refractivity contribution in [1.82, 2.24) is 0 Å². The summed E-state index contributed by atoms with van der Waals surface area (Å²) < 4.78 is 14.4. The van der Waals surface area contributed by atoms with E-state index in [2.05, 4.69) is 111 Å². The summed E-state index contributed by atoms with van der Waals surface area (Å²) in [5.74, 6) is 1.84. The van der Waals surface area contributed by atoms with Crippen LogP contribution in [0.1, 0.15) is 94.8 Å². The summed E-state index contributed by atoms with van der Waals surface area (Å²) in [6.45, 7) is 4.78. The third kappa shape index (κ3) is 5.90. The second kappa shape index (κ2) is 14.9. The summed E-state index contributed by atoms with van der Waals surface area (Å²) in [5, 5.41) is 0. The average Bonchev–Trinajstić information content (AvgIpc) is 3.38. The van der Waals surface area contributed by atoms with Gasteiger partial charge >= 0.3 is 288 Å². The van der Waals surface area contributed by atoms with E-state index in [1.165, 1.54) is 84.7 Å². The average molecular weight is 860 g/mol. The van der Waals surface area contributed by atoms with Crippen molar-refractivity contribution in [2.45, 2.75) is 79.9 Å². The van der Waals surface area contributed by atoms with Gasteiger partial charge in [0, 0.05) is 0 Å². The van der Waals surface area contributed by atoms with Crippen LogP contribution in [-0.4, -0.2) is 14.2 Å². The molecule has 0 aromatic heterocycles. The van der Waals surface area contributed by atoms with Gasteiger partial charge in [0.05, 0.1) is 0 Å². The molecule has 8 rings (SSSR count). The fraction of sp³-hybridized carbons (Fsp3) is 0.364. The van der Waals surface area contributed by atoms with Crippen LogP contribution in [0.15, 0.2) is 96.1 Å². The van der Waals surface area contributed by atoms with Crippen LogP contribution in [0.5, 0.6) is 11.5 Å². The molecule has 4 aromatic carbocycles. The molecule has 3 aliphatic carbocycles. The molecular formula is C44H50Cl2HfO2. The molecule has 256 valence electrons. The van der Waals surface area contributed by atoms with E-state index >= 15 is 0 Å². The minimum Gasteiger partial charge on any atom is -0.147 e. The smallest absolute Gasteiger partial charge is 0.147 e. The van der Waals surface area contributed by atoms with Gasteiger partial charge < -0.3 is 0 Å². The molecule has 0 spiro atoms. The van der Waals surface area contributed by atoms with Crippen molar-refractivity contribution in [3.05, 3.63) is 118 Å². The minimum absolute atomic E-state index is 0. The molecule has 4 aromatic rings. The maximum Gasteiger partial charge on any atom is -0.147 e. The van der Waals surface area contributed by atoms with Gasteiger partial charge in [-0.2, -0.15) is 0 Å². The number of methoxy groups -OCH3 is 2. The molecule has 2 fully saturated rings. The van der Waals surface area contributed by atoms with Crippen LogP contribution in [0.25, 0.3) is 34.4 Å². The molecule has 5 heteroatoms. The number of allylic oxidation sites excluding steroid dienone is 2. The zero-order valence-corrected chi connectivity index (χ0v) is 34.6. The Balaban J connectivity index is 0.00000208. The van der Waals surface area contributed by atoms with Crippen LogP contribution >= 0.6 is 24.8 Å². The Hall–Kier alpha value is -2.59. The third-order valence-corrected chi connectivity index (χ3v) is 37.0. The van der Waals surface area contributed by atoms with Gasteiger partial charge in [0.25, 0.3) is 0 Å². The summed E-state index contributed by atoms with van der Waals surface area (Å²) in [6, 6.07) is 32.0. The first kappa shape index (κ1) is 36.2. The number of benzene rings is 4. The van der Waals surface area contributed by atoms with E-state index in [-0.39, 0.29) is 24.8 Å². The molecule has 0 bridgehead atoms. The number of rotatable bonds is 10. The molecule has 4 aliphatic rings. The second-order valence-corrected chi connectivity index (χ2v) is 31.0. The predicted octanol–water partition coefficient (Wildman–Crippen LogP) is 13.4. The molecule has 4 unspecified atom stereocenters. The normalized spacial score (nSPS) is 24.3. The Morgan fingerprint density at radius 3 is 1.35 bits per heavy atom. The van der Waals surface area contributed by atoms with E-state index < -0.39 is 20.0 Å². The van der Waals surface area contributed by atoms with Crippen molar-refractivity contribution in [3.8, 4) is 33.8 Å². The SMILES string of the molecule is CCCC1=Cc2c(-c3ccc(OC)cc3)cccc2[CH]1[Hf]1([CH]2C(CCC)=Cc3c(-c4ccc(OC)cc4)cccc32)[CH]2CCCC[CH]21.Cl.Cl. The van der Waals surface area contributed by atoms with Crippen molar-refractivity contribution in [1.29, 1.82) is 0 Å². The van der Waals surface area contributed by atoms with Crippen molar-refractivity contribution in [2.75, 3.05) is 14.2 Å². The molecule has 0 N–H and O–H groups in total. The predicted molar refractivity (Wildman–Crippen MR) is 209 cm³/mol. The Morgan fingerprint density at radius 2 is 0.980 bits per heavy atom. The van der Waals surface area contributed by atoms with Gasteiger partial charge in [-0.05, 0) is 0 Å². The van der Waals surface area contributed by atoms with E-state index in [4.69, 9.17) is 9.47 Å². The van der Waals surface area contributed by atoms with Crippen molar-refractivity contribution >= 4 is 37.0 Å². The quantitative estimate of drug-likeness (QED) is 0.148. The van der Waals surface area contributed by atoms with E-state index in [0.717, 1.165) is 18.8 Å². The summed E-state index contributed by atoms with van der Waals surface area (Å²) >= 11 is -3.24. The fourth-order valence-corrected chi connectivity index (χ4v) is 45.8. The Morgan fingerprint density at radius 1 is 0.571 bits per heavy atom. The maximum absolute atomic E-state index is 5.52. The van der Waals surface area contributed by atoms with Gasteiger partial charge in [-0.1, -0.05) is 0 Å². The molecule has 1 aliphatic heterocycles. The molecule has 49 heavy (non-hydrogen) atoms. The Kier molecular flexibility index (Phi) is 11.0. The summed E-state index contributed by atoms with van der Waals surface area (Å²) in [6.07, 6.45) is 16.0. The number of fused-ring (bicyclic) bond motifs is 3. The van der Waals surface area contributed by atoms with E-state index in [9.17, 15) is 0 Å². The van der Waals surface area contributed by atoms with Gasteiger partial charge in [0.1, 0.15) is 0 Å². The van der Waals surface area contributed by atoms with Gasteiger partial charge in [-0.15, -0.1) is 24.8 Å². The van der Waals surface area contributed by atoms with Crippen LogP contribution in [0.3, 0.4) is 0 Å². The number of hydrogen-bond donors (Lipinski definition) is 0. The first-order valence-electron chi connectivity index (χ1n) is 18.1. The molecule has 4 atom stereocenters. The van der Waals surface area contributed by atoms with Crippen molar-refractivity contribution < 1.29 is 29.4 Å². The molecular weight excluding hydrogens is 810 g/mol. The van der Waals surface area contributed by atoms with E-state index in [1.807, 2.05) is 0 Å². The Labute approximate surface area is 310 Å². The molecule has 0 amide bonds. The monoisotopic (exact) mass is 860 g/mol. The first-order chi connectivity index (χ1) is 23.1. The molecule has 1 heterocycles. The van der Waals surface area contributed by atoms with E-state index in [0.29, 0.717) is 7.35 Å². The summed E-state index contributed by atoms with van der Waals surface area (Å²) in [4.78, 5) is 0. The fourth-order valence-electron chi connectivity index (χ4n) is 10.4. The van der Waals surface area contributed by atoms with Crippen LogP contribution in [0.4, 0.5) is 0 Å². The largest absolute Gasteiger partial charge is 0.147 e.